The molecule has 0 atom stereocenters. The van der Waals surface area contributed by atoms with E-state index in [1.54, 1.807) is 30.2 Å². The van der Waals surface area contributed by atoms with Gasteiger partial charge in [0, 0.05) is 18.2 Å². The molecule has 11 heavy (non-hydrogen) atoms. The summed E-state index contributed by atoms with van der Waals surface area (Å²) in [6.45, 7) is 0.752. The first-order valence-electron chi connectivity index (χ1n) is 3.05. The molecule has 5 heteroatoms. The van der Waals surface area contributed by atoms with E-state index in [1.807, 2.05) is 5.38 Å². The van der Waals surface area contributed by atoms with E-state index in [0.717, 1.165) is 16.7 Å². The fourth-order valence-corrected chi connectivity index (χ4v) is 2.49. The number of halogens is 1. The van der Waals surface area contributed by atoms with E-state index in [1.165, 1.54) is 0 Å². The molecule has 1 aromatic heterocycles. The summed E-state index contributed by atoms with van der Waals surface area (Å²) in [6.07, 6.45) is 0. The van der Waals surface area contributed by atoms with Gasteiger partial charge in [-0.05, 0) is 0 Å². The van der Waals surface area contributed by atoms with Crippen molar-refractivity contribution in [2.24, 2.45) is 0 Å². The van der Waals surface area contributed by atoms with Crippen molar-refractivity contribution >= 4 is 34.7 Å². The van der Waals surface area contributed by atoms with E-state index in [2.05, 4.69) is 4.98 Å². The van der Waals surface area contributed by atoms with Crippen LogP contribution in [0.3, 0.4) is 0 Å². The number of hydrogen-bond donors (Lipinski definition) is 0. The van der Waals surface area contributed by atoms with Crippen molar-refractivity contribution in [1.29, 1.82) is 0 Å². The van der Waals surface area contributed by atoms with E-state index in [-0.39, 0.29) is 0 Å². The van der Waals surface area contributed by atoms with Crippen molar-refractivity contribution in [3.8, 4) is 0 Å². The van der Waals surface area contributed by atoms with Gasteiger partial charge in [-0.15, -0.1) is 11.3 Å². The Morgan fingerprint density at radius 2 is 2.64 bits per heavy atom. The van der Waals surface area contributed by atoms with E-state index in [0.29, 0.717) is 5.15 Å². The first-order chi connectivity index (χ1) is 5.33. The van der Waals surface area contributed by atoms with Crippen molar-refractivity contribution < 1.29 is 4.74 Å². The summed E-state index contributed by atoms with van der Waals surface area (Å²) in [5, 5.41) is 2.41. The van der Waals surface area contributed by atoms with E-state index in [9.17, 15) is 0 Å². The van der Waals surface area contributed by atoms with Gasteiger partial charge >= 0.3 is 0 Å². The van der Waals surface area contributed by atoms with Crippen molar-refractivity contribution in [2.45, 2.75) is 4.34 Å². The molecule has 0 aromatic carbocycles. The minimum atomic E-state index is 0.579. The number of thiazole rings is 1. The van der Waals surface area contributed by atoms with Crippen LogP contribution < -0.4 is 0 Å². The Morgan fingerprint density at radius 3 is 3.18 bits per heavy atom. The lowest BCUT2D eigenvalue weighted by atomic mass is 10.9. The molecule has 0 bridgehead atoms. The molecule has 2 nitrogen and oxygen atoms in total. The van der Waals surface area contributed by atoms with Crippen LogP contribution in [0.25, 0.3) is 0 Å². The molecule has 0 amide bonds. The number of hydrogen-bond acceptors (Lipinski definition) is 4. The zero-order chi connectivity index (χ0) is 8.10. The SMILES string of the molecule is COCCSc1nc(Cl)cs1. The van der Waals surface area contributed by atoms with Gasteiger partial charge in [0.25, 0.3) is 0 Å². The highest BCUT2D eigenvalue weighted by molar-refractivity contribution is 8.01. The van der Waals surface area contributed by atoms with Gasteiger partial charge in [-0.2, -0.15) is 0 Å². The average Bonchev–Trinajstić information content (AvgIpc) is 2.37. The van der Waals surface area contributed by atoms with Crippen LogP contribution in [0, 0.1) is 0 Å². The van der Waals surface area contributed by atoms with E-state index >= 15 is 0 Å². The normalized spacial score (nSPS) is 10.4. The minimum absolute atomic E-state index is 0.579. The predicted molar refractivity (Wildman–Crippen MR) is 49.7 cm³/mol. The molecule has 0 N–H and O–H groups in total. The average molecular weight is 210 g/mol. The predicted octanol–water partition coefficient (Wildman–Crippen LogP) is 2.54. The Labute approximate surface area is 78.9 Å². The second-order valence-electron chi connectivity index (χ2n) is 1.78. The molecular weight excluding hydrogens is 202 g/mol. The van der Waals surface area contributed by atoms with Gasteiger partial charge in [0.1, 0.15) is 5.15 Å². The number of ether oxygens (including phenoxy) is 1. The molecule has 0 fully saturated rings. The zero-order valence-corrected chi connectivity index (χ0v) is 8.43. The molecule has 62 valence electrons. The standard InChI is InChI=1S/C6H8ClNOS2/c1-9-2-3-10-6-8-5(7)4-11-6/h4H,2-3H2,1H3. The number of methoxy groups -OCH3 is 1. The Balaban J connectivity index is 2.27. The fourth-order valence-electron chi connectivity index (χ4n) is 0.518. The topological polar surface area (TPSA) is 22.1 Å². The molecule has 0 radical (unpaired) electrons. The second kappa shape index (κ2) is 4.98. The third-order valence-corrected chi connectivity index (χ3v) is 3.28. The highest BCUT2D eigenvalue weighted by atomic mass is 35.5. The van der Waals surface area contributed by atoms with Crippen molar-refractivity contribution in [3.63, 3.8) is 0 Å². The zero-order valence-electron chi connectivity index (χ0n) is 6.04. The van der Waals surface area contributed by atoms with E-state index in [4.69, 9.17) is 16.3 Å². The van der Waals surface area contributed by atoms with Crippen LogP contribution >= 0.6 is 34.7 Å². The summed E-state index contributed by atoms with van der Waals surface area (Å²) in [4.78, 5) is 4.07. The number of thioether (sulfide) groups is 1. The summed E-state index contributed by atoms with van der Waals surface area (Å²) >= 11 is 8.86. The smallest absolute Gasteiger partial charge is 0.151 e. The number of nitrogens with zero attached hydrogens (tertiary/aromatic N) is 1. The summed E-state index contributed by atoms with van der Waals surface area (Å²) < 4.78 is 5.90. The van der Waals surface area contributed by atoms with Crippen LogP contribution in [0.2, 0.25) is 5.15 Å². The lowest BCUT2D eigenvalue weighted by Gasteiger charge is -1.94. The minimum Gasteiger partial charge on any atom is -0.384 e. The molecule has 0 aliphatic rings. The van der Waals surface area contributed by atoms with Gasteiger partial charge in [-0.25, -0.2) is 4.98 Å². The number of aromatic nitrogens is 1. The van der Waals surface area contributed by atoms with Crippen molar-refractivity contribution in [3.05, 3.63) is 10.5 Å². The largest absolute Gasteiger partial charge is 0.384 e. The van der Waals surface area contributed by atoms with Crippen molar-refractivity contribution in [2.75, 3.05) is 19.5 Å². The van der Waals surface area contributed by atoms with E-state index < -0.39 is 0 Å². The Bertz CT molecular complexity index is 216. The Morgan fingerprint density at radius 1 is 1.82 bits per heavy atom. The molecule has 1 heterocycles. The molecule has 0 spiro atoms. The van der Waals surface area contributed by atoms with Gasteiger partial charge in [0.15, 0.2) is 4.34 Å². The first-order valence-corrected chi connectivity index (χ1v) is 5.30. The second-order valence-corrected chi connectivity index (χ2v) is 4.36. The van der Waals surface area contributed by atoms with Gasteiger partial charge in [0.2, 0.25) is 0 Å². The van der Waals surface area contributed by atoms with Gasteiger partial charge in [-0.3, -0.25) is 0 Å². The molecule has 0 unspecified atom stereocenters. The van der Waals surface area contributed by atoms with Crippen LogP contribution in [0.5, 0.6) is 0 Å². The van der Waals surface area contributed by atoms with Crippen LogP contribution in [-0.2, 0) is 4.74 Å². The summed E-state index contributed by atoms with van der Waals surface area (Å²) in [5.74, 6) is 0.931. The lowest BCUT2D eigenvalue weighted by molar-refractivity contribution is 0.218. The Kier molecular flexibility index (Phi) is 4.22. The summed E-state index contributed by atoms with van der Waals surface area (Å²) in [5.41, 5.74) is 0. The molecule has 1 rings (SSSR count). The molecule has 0 aliphatic heterocycles. The fraction of sp³-hybridized carbons (Fsp3) is 0.500. The summed E-state index contributed by atoms with van der Waals surface area (Å²) in [6, 6.07) is 0. The quantitative estimate of drug-likeness (QED) is 0.562. The maximum absolute atomic E-state index is 5.63. The van der Waals surface area contributed by atoms with Crippen LogP contribution in [0.4, 0.5) is 0 Å². The van der Waals surface area contributed by atoms with Crippen LogP contribution in [0.15, 0.2) is 9.72 Å². The maximum atomic E-state index is 5.63. The highest BCUT2D eigenvalue weighted by Crippen LogP contribution is 2.24. The molecule has 0 aliphatic carbocycles. The molecule has 1 aromatic rings. The lowest BCUT2D eigenvalue weighted by Crippen LogP contribution is -1.90. The monoisotopic (exact) mass is 209 g/mol. The van der Waals surface area contributed by atoms with Crippen LogP contribution in [-0.4, -0.2) is 24.5 Å². The third kappa shape index (κ3) is 3.42. The van der Waals surface area contributed by atoms with Gasteiger partial charge in [0.05, 0.1) is 6.61 Å². The maximum Gasteiger partial charge on any atom is 0.151 e. The third-order valence-electron chi connectivity index (χ3n) is 0.968. The van der Waals surface area contributed by atoms with Crippen molar-refractivity contribution in [1.82, 2.24) is 4.98 Å². The van der Waals surface area contributed by atoms with Gasteiger partial charge in [-0.1, -0.05) is 23.4 Å². The highest BCUT2D eigenvalue weighted by Gasteiger charge is 1.98. The first kappa shape index (κ1) is 9.32. The number of rotatable bonds is 4. The Hall–Kier alpha value is 0.230. The van der Waals surface area contributed by atoms with Gasteiger partial charge < -0.3 is 4.74 Å². The molecule has 0 saturated heterocycles. The molecule has 0 saturated carbocycles. The summed E-state index contributed by atoms with van der Waals surface area (Å²) in [7, 11) is 1.69. The van der Waals surface area contributed by atoms with Crippen LogP contribution in [0.1, 0.15) is 0 Å². The molecular formula is C6H8ClNOS2.